The van der Waals surface area contributed by atoms with Gasteiger partial charge in [0.15, 0.2) is 0 Å². The monoisotopic (exact) mass is 152 g/mol. The van der Waals surface area contributed by atoms with Gasteiger partial charge in [0.05, 0.1) is 11.9 Å². The molecule has 0 amide bonds. The number of hydrogen-bond donors (Lipinski definition) is 1. The molecule has 0 heterocycles. The van der Waals surface area contributed by atoms with E-state index in [1.165, 1.54) is 38.5 Å². The summed E-state index contributed by atoms with van der Waals surface area (Å²) in [6.45, 7) is 0. The van der Waals surface area contributed by atoms with Gasteiger partial charge in [-0.3, -0.25) is 4.99 Å². The largest absolute Gasteiger partial charge is 0.387 e. The molecule has 0 aromatic carbocycles. The molecule has 0 spiro atoms. The zero-order valence-corrected chi connectivity index (χ0v) is 6.92. The third-order valence-electron chi connectivity index (χ3n) is 2.65. The molecule has 0 bridgehead atoms. The minimum absolute atomic E-state index is 0.579. The van der Waals surface area contributed by atoms with Crippen molar-refractivity contribution in [3.63, 3.8) is 0 Å². The Labute approximate surface area is 67.9 Å². The van der Waals surface area contributed by atoms with Gasteiger partial charge in [0.2, 0.25) is 0 Å². The normalized spacial score (nSPS) is 27.8. The molecular weight excluding hydrogens is 136 g/mol. The number of aliphatic imine (C=N–C) groups is 1. The summed E-state index contributed by atoms with van der Waals surface area (Å²) in [7, 11) is 0. The molecule has 2 aliphatic rings. The maximum atomic E-state index is 5.81. The molecule has 0 radical (unpaired) electrons. The van der Waals surface area contributed by atoms with Crippen LogP contribution in [0.1, 0.15) is 38.5 Å². The van der Waals surface area contributed by atoms with Crippen molar-refractivity contribution in [1.82, 2.24) is 0 Å². The first-order valence-electron chi connectivity index (χ1n) is 4.69. The van der Waals surface area contributed by atoms with Crippen LogP contribution in [0.4, 0.5) is 0 Å². The van der Waals surface area contributed by atoms with Crippen molar-refractivity contribution in [2.24, 2.45) is 16.6 Å². The van der Waals surface area contributed by atoms with E-state index in [1.54, 1.807) is 0 Å². The smallest absolute Gasteiger partial charge is 0.0971 e. The van der Waals surface area contributed by atoms with Crippen LogP contribution >= 0.6 is 0 Å². The van der Waals surface area contributed by atoms with E-state index in [0.717, 1.165) is 5.84 Å². The maximum absolute atomic E-state index is 5.81. The minimum Gasteiger partial charge on any atom is -0.387 e. The van der Waals surface area contributed by atoms with E-state index in [0.29, 0.717) is 12.0 Å². The average molecular weight is 152 g/mol. The lowest BCUT2D eigenvalue weighted by Crippen LogP contribution is -2.17. The highest BCUT2D eigenvalue weighted by Crippen LogP contribution is 2.30. The molecule has 2 rings (SSSR count). The van der Waals surface area contributed by atoms with Crippen LogP contribution in [0.25, 0.3) is 0 Å². The third-order valence-corrected chi connectivity index (χ3v) is 2.65. The fraction of sp³-hybridized carbons (Fsp3) is 0.889. The molecule has 0 aromatic heterocycles. The molecule has 2 saturated carbocycles. The second-order valence-electron chi connectivity index (χ2n) is 3.77. The van der Waals surface area contributed by atoms with E-state index in [-0.39, 0.29) is 0 Å². The Hall–Kier alpha value is -0.530. The molecular formula is C9H16N2. The predicted octanol–water partition coefficient (Wildman–Crippen LogP) is 1.70. The van der Waals surface area contributed by atoms with Gasteiger partial charge in [0.25, 0.3) is 0 Å². The molecule has 0 unspecified atom stereocenters. The number of nitrogens with zero attached hydrogens (tertiary/aromatic N) is 1. The zero-order chi connectivity index (χ0) is 7.68. The SMILES string of the molecule is NC(=NC1CCCC1)C1CC1. The first-order valence-corrected chi connectivity index (χ1v) is 4.69. The Morgan fingerprint density at radius 1 is 1.09 bits per heavy atom. The van der Waals surface area contributed by atoms with Crippen LogP contribution < -0.4 is 5.73 Å². The topological polar surface area (TPSA) is 38.4 Å². The van der Waals surface area contributed by atoms with Gasteiger partial charge in [0, 0.05) is 5.92 Å². The zero-order valence-electron chi connectivity index (χ0n) is 6.92. The van der Waals surface area contributed by atoms with E-state index in [2.05, 4.69) is 4.99 Å². The summed E-state index contributed by atoms with van der Waals surface area (Å²) in [5.41, 5.74) is 5.81. The quantitative estimate of drug-likeness (QED) is 0.474. The summed E-state index contributed by atoms with van der Waals surface area (Å²) >= 11 is 0. The second kappa shape index (κ2) is 2.84. The molecule has 62 valence electrons. The Morgan fingerprint density at radius 3 is 2.27 bits per heavy atom. The summed E-state index contributed by atoms with van der Waals surface area (Å²) in [4.78, 5) is 4.53. The standard InChI is InChI=1S/C9H16N2/c10-9(7-5-6-7)11-8-3-1-2-4-8/h7-8H,1-6H2,(H2,10,11). The molecule has 2 fully saturated rings. The van der Waals surface area contributed by atoms with Gasteiger partial charge in [-0.1, -0.05) is 12.8 Å². The van der Waals surface area contributed by atoms with Gasteiger partial charge in [-0.25, -0.2) is 0 Å². The van der Waals surface area contributed by atoms with Crippen molar-refractivity contribution in [1.29, 1.82) is 0 Å². The highest BCUT2D eigenvalue weighted by molar-refractivity contribution is 5.85. The Kier molecular flexibility index (Phi) is 1.84. The molecule has 11 heavy (non-hydrogen) atoms. The van der Waals surface area contributed by atoms with Crippen LogP contribution in [0.3, 0.4) is 0 Å². The third kappa shape index (κ3) is 1.73. The summed E-state index contributed by atoms with van der Waals surface area (Å²) in [5, 5.41) is 0. The summed E-state index contributed by atoms with van der Waals surface area (Å²) in [5.74, 6) is 1.60. The van der Waals surface area contributed by atoms with Crippen LogP contribution in [0.2, 0.25) is 0 Å². The Morgan fingerprint density at radius 2 is 1.73 bits per heavy atom. The molecule has 2 nitrogen and oxygen atoms in total. The lowest BCUT2D eigenvalue weighted by atomic mass is 10.2. The number of amidine groups is 1. The fourth-order valence-electron chi connectivity index (χ4n) is 1.73. The molecule has 0 saturated heterocycles. The van der Waals surface area contributed by atoms with Crippen LogP contribution in [0.15, 0.2) is 4.99 Å². The van der Waals surface area contributed by atoms with Crippen molar-refractivity contribution in [2.45, 2.75) is 44.6 Å². The van der Waals surface area contributed by atoms with Gasteiger partial charge in [-0.15, -0.1) is 0 Å². The van der Waals surface area contributed by atoms with Crippen LogP contribution in [-0.2, 0) is 0 Å². The van der Waals surface area contributed by atoms with Gasteiger partial charge in [-0.05, 0) is 25.7 Å². The van der Waals surface area contributed by atoms with Crippen molar-refractivity contribution in [3.05, 3.63) is 0 Å². The predicted molar refractivity (Wildman–Crippen MR) is 46.6 cm³/mol. The fourth-order valence-corrected chi connectivity index (χ4v) is 1.73. The summed E-state index contributed by atoms with van der Waals surface area (Å²) in [6.07, 6.45) is 7.81. The Bertz CT molecular complexity index is 164. The minimum atomic E-state index is 0.579. The van der Waals surface area contributed by atoms with E-state index >= 15 is 0 Å². The second-order valence-corrected chi connectivity index (χ2v) is 3.77. The molecule has 2 N–H and O–H groups in total. The first-order chi connectivity index (χ1) is 5.36. The van der Waals surface area contributed by atoms with Gasteiger partial charge >= 0.3 is 0 Å². The highest BCUT2D eigenvalue weighted by Gasteiger charge is 2.26. The van der Waals surface area contributed by atoms with Crippen LogP contribution in [0.5, 0.6) is 0 Å². The first kappa shape index (κ1) is 7.14. The lowest BCUT2D eigenvalue weighted by molar-refractivity contribution is 0.701. The average Bonchev–Trinajstić information content (AvgIpc) is 2.73. The summed E-state index contributed by atoms with van der Waals surface area (Å²) < 4.78 is 0. The van der Waals surface area contributed by atoms with E-state index in [4.69, 9.17) is 5.73 Å². The van der Waals surface area contributed by atoms with Crippen LogP contribution in [-0.4, -0.2) is 11.9 Å². The van der Waals surface area contributed by atoms with Crippen molar-refractivity contribution in [2.75, 3.05) is 0 Å². The molecule has 0 aromatic rings. The van der Waals surface area contributed by atoms with Crippen molar-refractivity contribution >= 4 is 5.84 Å². The molecule has 0 atom stereocenters. The highest BCUT2D eigenvalue weighted by atomic mass is 14.9. The summed E-state index contributed by atoms with van der Waals surface area (Å²) in [6, 6.07) is 0.579. The molecule has 0 aliphatic heterocycles. The van der Waals surface area contributed by atoms with Gasteiger partial charge in [-0.2, -0.15) is 0 Å². The maximum Gasteiger partial charge on any atom is 0.0971 e. The van der Waals surface area contributed by atoms with Gasteiger partial charge in [0.1, 0.15) is 0 Å². The van der Waals surface area contributed by atoms with E-state index < -0.39 is 0 Å². The number of nitrogens with two attached hydrogens (primary N) is 1. The van der Waals surface area contributed by atoms with Crippen LogP contribution in [0, 0.1) is 5.92 Å². The molecule has 2 aliphatic carbocycles. The lowest BCUT2D eigenvalue weighted by Gasteiger charge is -2.03. The molecule has 2 heteroatoms. The van der Waals surface area contributed by atoms with Crippen molar-refractivity contribution in [3.8, 4) is 0 Å². The number of rotatable bonds is 2. The van der Waals surface area contributed by atoms with E-state index in [9.17, 15) is 0 Å². The Balaban J connectivity index is 1.89. The number of hydrogen-bond acceptors (Lipinski definition) is 1. The van der Waals surface area contributed by atoms with Gasteiger partial charge < -0.3 is 5.73 Å². The van der Waals surface area contributed by atoms with Crippen molar-refractivity contribution < 1.29 is 0 Å². The van der Waals surface area contributed by atoms with E-state index in [1.807, 2.05) is 0 Å².